The highest BCUT2D eigenvalue weighted by atomic mass is 19.3. The predicted octanol–water partition coefficient (Wildman–Crippen LogP) is 4.15. The molecule has 4 aromatic heterocycles. The molecule has 4 bridgehead atoms. The normalized spacial score (nSPS) is 26.6. The fourth-order valence-corrected chi connectivity index (χ4v) is 11.8. The van der Waals surface area contributed by atoms with Gasteiger partial charge in [-0.25, -0.2) is 23.1 Å². The molecule has 0 radical (unpaired) electrons. The number of imide groups is 1. The number of carbonyl (C=O) groups is 4. The third-order valence-electron chi connectivity index (χ3n) is 15.2. The van der Waals surface area contributed by atoms with E-state index in [0.29, 0.717) is 68.1 Å². The molecule has 66 heavy (non-hydrogen) atoms. The van der Waals surface area contributed by atoms with Gasteiger partial charge in [0.05, 0.1) is 47.7 Å². The molecule has 1 unspecified atom stereocenters. The van der Waals surface area contributed by atoms with E-state index >= 15 is 0 Å². The number of anilines is 2. The number of halogens is 2. The largest absolute Gasteiger partial charge is 0.374 e. The number of nitrogens with one attached hydrogen (secondary N) is 2. The van der Waals surface area contributed by atoms with Crippen LogP contribution in [-0.4, -0.2) is 124 Å². The summed E-state index contributed by atoms with van der Waals surface area (Å²) >= 11 is 0. The van der Waals surface area contributed by atoms with Crippen LogP contribution in [0.5, 0.6) is 0 Å². The quantitative estimate of drug-likeness (QED) is 0.171. The van der Waals surface area contributed by atoms with Crippen LogP contribution in [0.15, 0.2) is 47.7 Å². The maximum atomic E-state index is 14.4. The van der Waals surface area contributed by atoms with Crippen molar-refractivity contribution in [1.82, 2.24) is 48.6 Å². The number of ether oxygens (including phenoxy) is 1. The number of nitrogens with zero attached hydrogens (tertiary/aromatic N) is 10. The van der Waals surface area contributed by atoms with E-state index in [9.17, 15) is 32.8 Å². The molecule has 6 fully saturated rings. The summed E-state index contributed by atoms with van der Waals surface area (Å²) in [5, 5.41) is 13.7. The third kappa shape index (κ3) is 7.64. The molecule has 2 N–H and O–H groups in total. The molecule has 5 aliphatic heterocycles. The molecule has 348 valence electrons. The van der Waals surface area contributed by atoms with E-state index in [-0.39, 0.29) is 59.8 Å². The Bertz CT molecular complexity index is 2780. The van der Waals surface area contributed by atoms with E-state index in [2.05, 4.69) is 30.6 Å². The summed E-state index contributed by atoms with van der Waals surface area (Å²) in [4.78, 5) is 76.6. The van der Waals surface area contributed by atoms with Gasteiger partial charge < -0.3 is 19.9 Å². The van der Waals surface area contributed by atoms with Gasteiger partial charge in [-0.1, -0.05) is 12.1 Å². The molecular weight excluding hydrogens is 855 g/mol. The lowest BCUT2D eigenvalue weighted by Crippen LogP contribution is -2.56. The van der Waals surface area contributed by atoms with Gasteiger partial charge in [-0.05, 0) is 87.8 Å². The molecule has 5 saturated heterocycles. The number of aryl methyl sites for hydroxylation is 2. The zero-order chi connectivity index (χ0) is 45.4. The van der Waals surface area contributed by atoms with Gasteiger partial charge in [0.15, 0.2) is 11.3 Å². The number of benzene rings is 1. The standard InChI is InChI=1S/C46H54F2N12O6/c1-54-41-27(4-2-6-35(41)60(46(54)65)36-14-15-38(61)52-45(36)64)5-3-7-39(62)55-21-29-12-13-30(22-55)56(29)20-26-8-10-28(11-9-26)59-24-34(40(53-59)42(47)48)50-44(63)33-19-49-58-17-16-37(51-43(33)58)57-23-32-18-31(57)25-66-32/h2,4,6,16-17,19,24,26,28-32,36,42H,3,5,7-15,18,20-23,25H2,1H3,(H,50,63)(H,52,61,64)/t26-,28-,29-,30+,31-,32-,36?/m1/s1. The number of morpholine rings is 1. The molecule has 5 atom stereocenters. The molecule has 0 spiro atoms. The summed E-state index contributed by atoms with van der Waals surface area (Å²) in [7, 11) is 1.69. The van der Waals surface area contributed by atoms with Crippen LogP contribution in [0.4, 0.5) is 20.3 Å². The zero-order valence-corrected chi connectivity index (χ0v) is 36.9. The SMILES string of the molecule is Cn1c(=O)n(C2CCC(=O)NC2=O)c2cccc(CCCC(=O)N3C[C@H]4CC[C@@H](C3)N4C[C@H]3CC[C@H](n4cc(NC(=O)c5cnn6ccc(N7C[C@H]8C[C@@H]7CO8)nc56)c(C(F)F)n4)CC3)c21. The van der Waals surface area contributed by atoms with Crippen molar-refractivity contribution in [3.05, 3.63) is 70.2 Å². The van der Waals surface area contributed by atoms with Crippen molar-refractivity contribution >= 4 is 51.8 Å². The molecular formula is C46H54F2N12O6. The van der Waals surface area contributed by atoms with E-state index in [1.54, 1.807) is 22.5 Å². The lowest BCUT2D eigenvalue weighted by Gasteiger charge is -2.43. The molecule has 4 amide bonds. The first kappa shape index (κ1) is 42.6. The number of piperidine rings is 1. The van der Waals surface area contributed by atoms with E-state index < -0.39 is 30.0 Å². The maximum Gasteiger partial charge on any atom is 0.329 e. The monoisotopic (exact) mass is 908 g/mol. The van der Waals surface area contributed by atoms with Gasteiger partial charge >= 0.3 is 5.69 Å². The van der Waals surface area contributed by atoms with Crippen LogP contribution in [0, 0.1) is 5.92 Å². The summed E-state index contributed by atoms with van der Waals surface area (Å²) < 4.78 is 40.7. The highest BCUT2D eigenvalue weighted by molar-refractivity contribution is 6.08. The second kappa shape index (κ2) is 17.0. The smallest absolute Gasteiger partial charge is 0.329 e. The number of rotatable bonds is 12. The van der Waals surface area contributed by atoms with Crippen molar-refractivity contribution in [2.45, 2.75) is 120 Å². The van der Waals surface area contributed by atoms with Crippen molar-refractivity contribution in [2.24, 2.45) is 13.0 Å². The lowest BCUT2D eigenvalue weighted by molar-refractivity contribution is -0.136. The van der Waals surface area contributed by atoms with E-state index in [0.717, 1.165) is 74.9 Å². The van der Waals surface area contributed by atoms with Gasteiger partial charge in [0.2, 0.25) is 17.7 Å². The summed E-state index contributed by atoms with van der Waals surface area (Å²) in [6.45, 7) is 3.70. The second-order valence-corrected chi connectivity index (χ2v) is 19.1. The molecule has 5 aromatic rings. The van der Waals surface area contributed by atoms with Gasteiger partial charge in [-0.15, -0.1) is 0 Å². The fraction of sp³-hybridized carbons (Fsp3) is 0.565. The second-order valence-electron chi connectivity index (χ2n) is 19.1. The van der Waals surface area contributed by atoms with E-state index in [4.69, 9.17) is 9.72 Å². The zero-order valence-electron chi connectivity index (χ0n) is 36.9. The van der Waals surface area contributed by atoms with Gasteiger partial charge in [-0.3, -0.25) is 43.2 Å². The molecule has 9 heterocycles. The Morgan fingerprint density at radius 3 is 2.48 bits per heavy atom. The van der Waals surface area contributed by atoms with Crippen LogP contribution in [-0.2, 0) is 32.6 Å². The minimum atomic E-state index is -2.88. The maximum absolute atomic E-state index is 14.4. The Morgan fingerprint density at radius 2 is 1.76 bits per heavy atom. The van der Waals surface area contributed by atoms with Gasteiger partial charge in [0.25, 0.3) is 12.3 Å². The first-order valence-corrected chi connectivity index (χ1v) is 23.4. The van der Waals surface area contributed by atoms with Crippen LogP contribution in [0.3, 0.4) is 0 Å². The van der Waals surface area contributed by atoms with Crippen LogP contribution in [0.1, 0.15) is 111 Å². The molecule has 6 aliphatic rings. The first-order valence-electron chi connectivity index (χ1n) is 23.4. The summed E-state index contributed by atoms with van der Waals surface area (Å²) in [5.41, 5.74) is 2.07. The van der Waals surface area contributed by atoms with Crippen molar-refractivity contribution < 1.29 is 32.7 Å². The summed E-state index contributed by atoms with van der Waals surface area (Å²) in [6, 6.07) is 7.53. The Hall–Kier alpha value is -6.02. The highest BCUT2D eigenvalue weighted by Crippen LogP contribution is 2.39. The molecule has 20 heteroatoms. The van der Waals surface area contributed by atoms with E-state index in [1.165, 1.54) is 21.5 Å². The van der Waals surface area contributed by atoms with Gasteiger partial charge in [-0.2, -0.15) is 10.2 Å². The average molecular weight is 909 g/mol. The number of likely N-dealkylation sites (tertiary alicyclic amines) is 1. The topological polar surface area (TPSA) is 186 Å². The number of fused-ring (bicyclic) bond motifs is 6. The number of para-hydroxylation sites is 1. The first-order chi connectivity index (χ1) is 32.0. The van der Waals surface area contributed by atoms with Crippen LogP contribution in [0.2, 0.25) is 0 Å². The number of piperazine rings is 1. The Balaban J connectivity index is 0.676. The minimum Gasteiger partial charge on any atom is -0.374 e. The number of alkyl halides is 2. The predicted molar refractivity (Wildman–Crippen MR) is 236 cm³/mol. The number of hydrogen-bond donors (Lipinski definition) is 2. The minimum absolute atomic E-state index is 0.0170. The molecule has 11 rings (SSSR count). The molecule has 18 nitrogen and oxygen atoms in total. The Labute approximate surface area is 378 Å². The van der Waals surface area contributed by atoms with Crippen molar-refractivity contribution in [1.29, 1.82) is 0 Å². The van der Waals surface area contributed by atoms with Crippen LogP contribution >= 0.6 is 0 Å². The number of aromatic nitrogens is 7. The third-order valence-corrected chi connectivity index (χ3v) is 15.2. The number of carbonyl (C=O) groups excluding carboxylic acids is 4. The van der Waals surface area contributed by atoms with Crippen molar-refractivity contribution in [3.8, 4) is 0 Å². The Morgan fingerprint density at radius 1 is 0.970 bits per heavy atom. The summed E-state index contributed by atoms with van der Waals surface area (Å²) in [6.07, 6.45) is 10.5. The van der Waals surface area contributed by atoms with Gasteiger partial charge in [0, 0.05) is 70.5 Å². The lowest BCUT2D eigenvalue weighted by atomic mass is 9.85. The van der Waals surface area contributed by atoms with E-state index in [1.807, 2.05) is 29.2 Å². The number of hydrogen-bond acceptors (Lipinski definition) is 11. The average Bonchev–Trinajstić information content (AvgIpc) is 4.18. The molecule has 1 aliphatic carbocycles. The highest BCUT2D eigenvalue weighted by Gasteiger charge is 2.43. The molecule has 1 aromatic carbocycles. The van der Waals surface area contributed by atoms with Crippen LogP contribution < -0.4 is 21.2 Å². The summed E-state index contributed by atoms with van der Waals surface area (Å²) in [5.74, 6) is -0.0780. The van der Waals surface area contributed by atoms with Crippen molar-refractivity contribution in [2.75, 3.05) is 43.0 Å². The molecule has 1 saturated carbocycles. The van der Waals surface area contributed by atoms with Crippen molar-refractivity contribution in [3.63, 3.8) is 0 Å². The number of amides is 4. The fourth-order valence-electron chi connectivity index (χ4n) is 11.8. The number of imidazole rings is 1. The van der Waals surface area contributed by atoms with Gasteiger partial charge in [0.1, 0.15) is 17.4 Å². The van der Waals surface area contributed by atoms with Crippen LogP contribution in [0.25, 0.3) is 16.7 Å². The Kier molecular flexibility index (Phi) is 11.0.